The van der Waals surface area contributed by atoms with Crippen LogP contribution < -0.4 is 5.32 Å². The van der Waals surface area contributed by atoms with Crippen LogP contribution in [0, 0.1) is 5.92 Å². The molecule has 3 nitrogen and oxygen atoms in total. The van der Waals surface area contributed by atoms with E-state index in [4.69, 9.17) is 4.74 Å². The van der Waals surface area contributed by atoms with Gasteiger partial charge in [-0.15, -0.1) is 0 Å². The first kappa shape index (κ1) is 14.7. The van der Waals surface area contributed by atoms with E-state index in [1.54, 1.807) is 7.11 Å². The van der Waals surface area contributed by atoms with Gasteiger partial charge in [0.05, 0.1) is 6.61 Å². The van der Waals surface area contributed by atoms with Crippen molar-refractivity contribution in [2.24, 2.45) is 5.92 Å². The van der Waals surface area contributed by atoms with Gasteiger partial charge in [0, 0.05) is 26.7 Å². The second-order valence-electron chi connectivity index (χ2n) is 5.25. The largest absolute Gasteiger partial charge is 0.383 e. The number of nitrogens with zero attached hydrogens (tertiary/aromatic N) is 1. The first-order valence-corrected chi connectivity index (χ1v) is 6.77. The van der Waals surface area contributed by atoms with Gasteiger partial charge >= 0.3 is 0 Å². The first-order chi connectivity index (χ1) is 8.22. The zero-order valence-corrected chi connectivity index (χ0v) is 11.7. The Kier molecular flexibility index (Phi) is 7.49. The zero-order valence-electron chi connectivity index (χ0n) is 11.7. The fourth-order valence-corrected chi connectivity index (χ4v) is 2.28. The smallest absolute Gasteiger partial charge is 0.0587 e. The van der Waals surface area contributed by atoms with Crippen LogP contribution in [0.4, 0.5) is 0 Å². The molecule has 0 spiro atoms. The van der Waals surface area contributed by atoms with Crippen LogP contribution in [-0.2, 0) is 4.74 Å². The molecule has 0 aromatic rings. The maximum absolute atomic E-state index is 5.04. The molecule has 0 saturated carbocycles. The Bertz CT molecular complexity index is 224. The zero-order chi connectivity index (χ0) is 12.5. The molecular weight excluding hydrogens is 212 g/mol. The topological polar surface area (TPSA) is 24.5 Å². The fraction of sp³-hybridized carbons (Fsp3) is 0.857. The lowest BCUT2D eigenvalue weighted by molar-refractivity contribution is 0.175. The second-order valence-corrected chi connectivity index (χ2v) is 5.25. The van der Waals surface area contributed by atoms with Crippen molar-refractivity contribution in [3.63, 3.8) is 0 Å². The Morgan fingerprint density at radius 3 is 3.00 bits per heavy atom. The Morgan fingerprint density at radius 1 is 1.47 bits per heavy atom. The van der Waals surface area contributed by atoms with Gasteiger partial charge in [-0.25, -0.2) is 0 Å². The van der Waals surface area contributed by atoms with E-state index < -0.39 is 0 Å². The summed E-state index contributed by atoms with van der Waals surface area (Å²) in [6.07, 6.45) is 5.04. The van der Waals surface area contributed by atoms with Crippen LogP contribution in [0.5, 0.6) is 0 Å². The summed E-state index contributed by atoms with van der Waals surface area (Å²) in [4.78, 5) is 2.57. The van der Waals surface area contributed by atoms with Gasteiger partial charge < -0.3 is 10.1 Å². The van der Waals surface area contributed by atoms with E-state index in [-0.39, 0.29) is 0 Å². The lowest BCUT2D eigenvalue weighted by Crippen LogP contribution is -2.40. The Balaban J connectivity index is 2.17. The fourth-order valence-electron chi connectivity index (χ4n) is 2.28. The van der Waals surface area contributed by atoms with Crippen molar-refractivity contribution in [3.8, 4) is 0 Å². The van der Waals surface area contributed by atoms with Gasteiger partial charge in [0.1, 0.15) is 0 Å². The van der Waals surface area contributed by atoms with E-state index in [1.807, 2.05) is 0 Å². The highest BCUT2D eigenvalue weighted by atomic mass is 16.5. The number of likely N-dealkylation sites (tertiary alicyclic amines) is 1. The molecular formula is C14H28N2O. The third-order valence-electron chi connectivity index (χ3n) is 3.28. The van der Waals surface area contributed by atoms with Gasteiger partial charge in [-0.3, -0.25) is 4.90 Å². The average Bonchev–Trinajstić information content (AvgIpc) is 2.33. The summed E-state index contributed by atoms with van der Waals surface area (Å²) in [5.41, 5.74) is 1.42. The molecule has 0 aliphatic carbocycles. The average molecular weight is 240 g/mol. The number of ether oxygens (including phenoxy) is 1. The van der Waals surface area contributed by atoms with Crippen molar-refractivity contribution in [2.45, 2.75) is 26.7 Å². The van der Waals surface area contributed by atoms with Gasteiger partial charge in [-0.1, -0.05) is 11.6 Å². The summed E-state index contributed by atoms with van der Waals surface area (Å²) in [5, 5.41) is 3.47. The van der Waals surface area contributed by atoms with E-state index in [9.17, 15) is 0 Å². The molecule has 100 valence electrons. The van der Waals surface area contributed by atoms with E-state index in [2.05, 4.69) is 30.1 Å². The number of rotatable bonds is 7. The molecule has 0 aromatic heterocycles. The second kappa shape index (κ2) is 8.67. The Morgan fingerprint density at radius 2 is 2.29 bits per heavy atom. The van der Waals surface area contributed by atoms with Gasteiger partial charge in [-0.05, 0) is 45.7 Å². The van der Waals surface area contributed by atoms with Crippen molar-refractivity contribution in [1.82, 2.24) is 10.2 Å². The summed E-state index contributed by atoms with van der Waals surface area (Å²) < 4.78 is 5.04. The molecule has 1 N–H and O–H groups in total. The molecule has 3 heteroatoms. The van der Waals surface area contributed by atoms with Gasteiger partial charge in [0.2, 0.25) is 0 Å². The summed E-state index contributed by atoms with van der Waals surface area (Å²) >= 11 is 0. The standard InChI is InChI=1S/C14H28N2O/c1-13(2)6-9-16-8-4-5-14(12-16)11-15-7-10-17-3/h6,14-15H,4-5,7-12H2,1-3H3. The van der Waals surface area contributed by atoms with Gasteiger partial charge in [0.15, 0.2) is 0 Å². The van der Waals surface area contributed by atoms with Crippen molar-refractivity contribution in [1.29, 1.82) is 0 Å². The number of nitrogens with one attached hydrogen (secondary N) is 1. The monoisotopic (exact) mass is 240 g/mol. The highest BCUT2D eigenvalue weighted by Crippen LogP contribution is 2.15. The van der Waals surface area contributed by atoms with Crippen molar-refractivity contribution < 1.29 is 4.74 Å². The lowest BCUT2D eigenvalue weighted by atomic mass is 9.98. The Labute approximate surface area is 106 Å². The van der Waals surface area contributed by atoms with E-state index in [0.717, 1.165) is 32.2 Å². The molecule has 17 heavy (non-hydrogen) atoms. The van der Waals surface area contributed by atoms with Gasteiger partial charge in [-0.2, -0.15) is 0 Å². The number of hydrogen-bond acceptors (Lipinski definition) is 3. The predicted octanol–water partition coefficient (Wildman–Crippen LogP) is 1.90. The van der Waals surface area contributed by atoms with Crippen LogP contribution in [0.15, 0.2) is 11.6 Å². The normalized spacial score (nSPS) is 21.5. The van der Waals surface area contributed by atoms with Crippen molar-refractivity contribution in [3.05, 3.63) is 11.6 Å². The molecule has 1 unspecified atom stereocenters. The SMILES string of the molecule is COCCNCC1CCCN(CC=C(C)C)C1. The number of methoxy groups -OCH3 is 1. The van der Waals surface area contributed by atoms with Gasteiger partial charge in [0.25, 0.3) is 0 Å². The lowest BCUT2D eigenvalue weighted by Gasteiger charge is -2.32. The third kappa shape index (κ3) is 6.81. The molecule has 1 atom stereocenters. The maximum Gasteiger partial charge on any atom is 0.0587 e. The number of piperidine rings is 1. The summed E-state index contributed by atoms with van der Waals surface area (Å²) in [7, 11) is 1.75. The molecule has 1 saturated heterocycles. The molecule has 1 aliphatic heterocycles. The van der Waals surface area contributed by atoms with E-state index in [0.29, 0.717) is 0 Å². The van der Waals surface area contributed by atoms with Crippen LogP contribution in [0.25, 0.3) is 0 Å². The van der Waals surface area contributed by atoms with Crippen LogP contribution in [0.3, 0.4) is 0 Å². The number of hydrogen-bond donors (Lipinski definition) is 1. The Hall–Kier alpha value is -0.380. The molecule has 0 amide bonds. The number of allylic oxidation sites excluding steroid dienone is 1. The van der Waals surface area contributed by atoms with Crippen LogP contribution >= 0.6 is 0 Å². The highest BCUT2D eigenvalue weighted by molar-refractivity contribution is 4.95. The molecule has 1 heterocycles. The van der Waals surface area contributed by atoms with E-state index >= 15 is 0 Å². The quantitative estimate of drug-likeness (QED) is 0.543. The molecule has 1 fully saturated rings. The molecule has 1 rings (SSSR count). The van der Waals surface area contributed by atoms with Crippen molar-refractivity contribution >= 4 is 0 Å². The summed E-state index contributed by atoms with van der Waals surface area (Å²) in [6, 6.07) is 0. The molecule has 1 aliphatic rings. The molecule has 0 aromatic carbocycles. The maximum atomic E-state index is 5.04. The van der Waals surface area contributed by atoms with Crippen LogP contribution in [0.1, 0.15) is 26.7 Å². The highest BCUT2D eigenvalue weighted by Gasteiger charge is 2.18. The summed E-state index contributed by atoms with van der Waals surface area (Å²) in [6.45, 7) is 10.9. The van der Waals surface area contributed by atoms with Crippen molar-refractivity contribution in [2.75, 3.05) is 46.4 Å². The first-order valence-electron chi connectivity index (χ1n) is 6.77. The predicted molar refractivity (Wildman–Crippen MR) is 73.3 cm³/mol. The third-order valence-corrected chi connectivity index (χ3v) is 3.28. The van der Waals surface area contributed by atoms with Crippen LogP contribution in [0.2, 0.25) is 0 Å². The van der Waals surface area contributed by atoms with E-state index in [1.165, 1.54) is 31.5 Å². The molecule has 0 radical (unpaired) electrons. The molecule has 0 bridgehead atoms. The van der Waals surface area contributed by atoms with Crippen LogP contribution in [-0.4, -0.2) is 51.3 Å². The minimum atomic E-state index is 0.811. The summed E-state index contributed by atoms with van der Waals surface area (Å²) in [5.74, 6) is 0.811. The minimum Gasteiger partial charge on any atom is -0.383 e. The minimum absolute atomic E-state index is 0.811.